The van der Waals surface area contributed by atoms with Gasteiger partial charge in [-0.1, -0.05) is 37.3 Å². The van der Waals surface area contributed by atoms with E-state index in [-0.39, 0.29) is 56.7 Å². The molecule has 16 heteroatoms. The second kappa shape index (κ2) is 19.0. The first-order valence-corrected chi connectivity index (χ1v) is 18.2. The number of aliphatic imine (C=N–C) groups is 1. The molecular formula is C38H47FN8O7. The minimum absolute atomic E-state index is 0.0465. The number of nitrogens with one attached hydrogen (secondary N) is 2. The number of ketones is 1. The number of fused-ring (bicyclic) bond motifs is 2. The molecule has 0 radical (unpaired) electrons. The number of allylic oxidation sites excluding steroid dienone is 3. The number of carbonyl (C=O) groups excluding carboxylic acids is 5. The highest BCUT2D eigenvalue weighted by Crippen LogP contribution is 2.27. The monoisotopic (exact) mass is 746 g/mol. The van der Waals surface area contributed by atoms with Crippen LogP contribution in [0.25, 0.3) is 11.3 Å². The Morgan fingerprint density at radius 2 is 2.00 bits per heavy atom. The highest BCUT2D eigenvalue weighted by atomic mass is 19.1. The molecule has 3 aliphatic heterocycles. The van der Waals surface area contributed by atoms with Crippen molar-refractivity contribution in [3.05, 3.63) is 66.7 Å². The standard InChI is InChI=1S/C38H47FN8O7/c1-24(2)36-26(18-34(50)42-14-16-46-22-30(44-45-46)27-8-5-12-40-21-27)10-11-33(49)41-13-4-7-25(3)17-29(48)19-28(39)20-35-43-31(23-53-35)37(51)47-15-6-9-32(47)38(52)54-36/h4-5,7-8,10-12,17,21-22,24,26,28,31-32,36H,6,9,13-16,18-20,23H2,1-3H3,(H,41,49)(H,42,50)/b7-4?,11-10+,25-17?/t26-,28+,31?,32+,36+/m0/s1. The Labute approximate surface area is 313 Å². The molecule has 15 nitrogen and oxygen atoms in total. The third-order valence-electron chi connectivity index (χ3n) is 9.19. The number of alkyl halides is 1. The number of amides is 3. The van der Waals surface area contributed by atoms with Gasteiger partial charge in [0, 0.05) is 56.4 Å². The van der Waals surface area contributed by atoms with E-state index in [2.05, 4.69) is 30.9 Å². The molecule has 2 aromatic heterocycles. The Kier molecular flexibility index (Phi) is 13.9. The van der Waals surface area contributed by atoms with Crippen molar-refractivity contribution in [1.29, 1.82) is 0 Å². The van der Waals surface area contributed by atoms with Gasteiger partial charge in [-0.15, -0.1) is 5.10 Å². The molecule has 0 aliphatic carbocycles. The van der Waals surface area contributed by atoms with Crippen LogP contribution in [0.2, 0.25) is 0 Å². The predicted octanol–water partition coefficient (Wildman–Crippen LogP) is 2.69. The van der Waals surface area contributed by atoms with Gasteiger partial charge in [-0.2, -0.15) is 0 Å². The summed E-state index contributed by atoms with van der Waals surface area (Å²) >= 11 is 0. The molecule has 1 unspecified atom stereocenters. The second-order valence-electron chi connectivity index (χ2n) is 13.9. The molecule has 0 saturated carbocycles. The topological polar surface area (TPSA) is 187 Å². The van der Waals surface area contributed by atoms with Gasteiger partial charge in [0.05, 0.1) is 19.2 Å². The van der Waals surface area contributed by atoms with Crippen molar-refractivity contribution in [2.24, 2.45) is 16.8 Å². The Balaban J connectivity index is 1.31. The van der Waals surface area contributed by atoms with Crippen molar-refractivity contribution in [3.8, 4) is 11.3 Å². The largest absolute Gasteiger partial charge is 0.478 e. The van der Waals surface area contributed by atoms with Gasteiger partial charge in [0.2, 0.25) is 11.8 Å². The summed E-state index contributed by atoms with van der Waals surface area (Å²) in [5.41, 5.74) is 2.03. The number of hydrogen-bond acceptors (Lipinski definition) is 11. The average Bonchev–Trinajstić information content (AvgIpc) is 3.92. The highest BCUT2D eigenvalue weighted by Gasteiger charge is 2.42. The lowest BCUT2D eigenvalue weighted by molar-refractivity contribution is -0.162. The molecule has 2 aromatic rings. The normalized spacial score (nSPS) is 25.3. The first-order valence-electron chi connectivity index (χ1n) is 18.2. The van der Waals surface area contributed by atoms with Crippen molar-refractivity contribution in [2.45, 2.75) is 83.8 Å². The van der Waals surface area contributed by atoms with Crippen LogP contribution in [0.3, 0.4) is 0 Å². The van der Waals surface area contributed by atoms with Crippen LogP contribution in [0.5, 0.6) is 0 Å². The van der Waals surface area contributed by atoms with Crippen LogP contribution >= 0.6 is 0 Å². The van der Waals surface area contributed by atoms with Crippen LogP contribution in [-0.2, 0) is 40.0 Å². The minimum Gasteiger partial charge on any atom is -0.478 e. The first kappa shape index (κ1) is 39.7. The lowest BCUT2D eigenvalue weighted by Crippen LogP contribution is -2.47. The van der Waals surface area contributed by atoms with Gasteiger partial charge in [0.15, 0.2) is 17.7 Å². The van der Waals surface area contributed by atoms with Gasteiger partial charge in [0.25, 0.3) is 5.91 Å². The molecule has 0 spiro atoms. The molecule has 5 rings (SSSR count). The summed E-state index contributed by atoms with van der Waals surface area (Å²) in [7, 11) is 0. The molecule has 2 N–H and O–H groups in total. The van der Waals surface area contributed by atoms with Crippen LogP contribution in [0.4, 0.5) is 4.39 Å². The Morgan fingerprint density at radius 1 is 1.17 bits per heavy atom. The lowest BCUT2D eigenvalue weighted by Gasteiger charge is -2.31. The second-order valence-corrected chi connectivity index (χ2v) is 13.9. The summed E-state index contributed by atoms with van der Waals surface area (Å²) in [6, 6.07) is 1.82. The molecule has 288 valence electrons. The Bertz CT molecular complexity index is 1790. The summed E-state index contributed by atoms with van der Waals surface area (Å²) in [5, 5.41) is 13.9. The smallest absolute Gasteiger partial charge is 0.329 e. The van der Waals surface area contributed by atoms with E-state index < -0.39 is 53.8 Å². The fourth-order valence-electron chi connectivity index (χ4n) is 6.52. The summed E-state index contributed by atoms with van der Waals surface area (Å²) in [5.74, 6) is -3.20. The molecule has 3 amide bonds. The number of hydrogen-bond donors (Lipinski definition) is 2. The van der Waals surface area contributed by atoms with Crippen LogP contribution in [0.15, 0.2) is 71.7 Å². The third-order valence-corrected chi connectivity index (χ3v) is 9.19. The van der Waals surface area contributed by atoms with Gasteiger partial charge in [0.1, 0.15) is 30.6 Å². The zero-order valence-electron chi connectivity index (χ0n) is 30.7. The highest BCUT2D eigenvalue weighted by molar-refractivity contribution is 5.93. The van der Waals surface area contributed by atoms with Crippen molar-refractivity contribution >= 4 is 35.4 Å². The average molecular weight is 747 g/mol. The number of pyridine rings is 1. The van der Waals surface area contributed by atoms with Crippen LogP contribution < -0.4 is 10.6 Å². The fraction of sp³-hybridized carbons (Fsp3) is 0.500. The molecule has 54 heavy (non-hydrogen) atoms. The van der Waals surface area contributed by atoms with E-state index in [1.807, 2.05) is 19.9 Å². The van der Waals surface area contributed by atoms with E-state index in [0.29, 0.717) is 37.2 Å². The summed E-state index contributed by atoms with van der Waals surface area (Å²) in [6.45, 7) is 6.30. The van der Waals surface area contributed by atoms with Crippen LogP contribution in [-0.4, -0.2) is 111 Å². The lowest BCUT2D eigenvalue weighted by atomic mass is 9.89. The van der Waals surface area contributed by atoms with Crippen LogP contribution in [0.1, 0.15) is 52.9 Å². The molecule has 1 saturated heterocycles. The molecule has 5 atom stereocenters. The molecular weight excluding hydrogens is 699 g/mol. The number of esters is 1. The summed E-state index contributed by atoms with van der Waals surface area (Å²) in [4.78, 5) is 75.8. The van der Waals surface area contributed by atoms with E-state index in [0.717, 1.165) is 5.56 Å². The van der Waals surface area contributed by atoms with Gasteiger partial charge in [-0.05, 0) is 55.5 Å². The maximum absolute atomic E-state index is 14.8. The first-order chi connectivity index (χ1) is 26.0. The zero-order chi connectivity index (χ0) is 38.6. The Hall–Kier alpha value is -5.54. The van der Waals surface area contributed by atoms with E-state index in [9.17, 15) is 28.4 Å². The van der Waals surface area contributed by atoms with Gasteiger partial charge in [-0.3, -0.25) is 28.8 Å². The minimum atomic E-state index is -1.57. The predicted molar refractivity (Wildman–Crippen MR) is 195 cm³/mol. The molecule has 5 heterocycles. The van der Waals surface area contributed by atoms with Crippen molar-refractivity contribution in [1.82, 2.24) is 35.5 Å². The molecule has 0 aromatic carbocycles. The van der Waals surface area contributed by atoms with E-state index in [1.54, 1.807) is 54.5 Å². The fourth-order valence-corrected chi connectivity index (χ4v) is 6.52. The molecule has 3 aliphatic rings. The summed E-state index contributed by atoms with van der Waals surface area (Å²) < 4.78 is 28.0. The molecule has 1 fully saturated rings. The van der Waals surface area contributed by atoms with Crippen molar-refractivity contribution in [2.75, 3.05) is 26.2 Å². The van der Waals surface area contributed by atoms with E-state index in [4.69, 9.17) is 9.47 Å². The number of rotatable bonds is 7. The van der Waals surface area contributed by atoms with E-state index >= 15 is 0 Å². The van der Waals surface area contributed by atoms with E-state index in [1.165, 1.54) is 17.1 Å². The summed E-state index contributed by atoms with van der Waals surface area (Å²) in [6.07, 6.45) is 10.3. The number of ether oxygens (including phenoxy) is 2. The van der Waals surface area contributed by atoms with Gasteiger partial charge < -0.3 is 25.0 Å². The quantitative estimate of drug-likeness (QED) is 0.399. The van der Waals surface area contributed by atoms with Gasteiger partial charge in [-0.25, -0.2) is 14.2 Å². The third kappa shape index (κ3) is 11.2. The van der Waals surface area contributed by atoms with Gasteiger partial charge >= 0.3 is 5.97 Å². The van der Waals surface area contributed by atoms with Crippen molar-refractivity contribution < 1.29 is 37.8 Å². The molecule has 2 bridgehead atoms. The Morgan fingerprint density at radius 3 is 2.78 bits per heavy atom. The maximum Gasteiger partial charge on any atom is 0.329 e. The maximum atomic E-state index is 14.8. The van der Waals surface area contributed by atoms with Crippen molar-refractivity contribution in [3.63, 3.8) is 0 Å². The number of carbonyl (C=O) groups is 5. The van der Waals surface area contributed by atoms with Crippen LogP contribution in [0, 0.1) is 11.8 Å². The SMILES string of the molecule is CC1=CC(=O)C[C@@H](F)CC2=NC(CO2)C(=O)N2CCC[C@@H]2C(=O)O[C@H](C(C)C)[C@H](CC(=O)NCCn2cc(-c3cccnc3)nn2)/C=C/C(=O)NCC=C1. The number of nitrogens with zero attached hydrogens (tertiary/aromatic N) is 6. The zero-order valence-corrected chi connectivity index (χ0v) is 30.7. The number of cyclic esters (lactones) is 1. The number of aromatic nitrogens is 4. The number of halogens is 1.